The summed E-state index contributed by atoms with van der Waals surface area (Å²) in [7, 11) is 0. The smallest absolute Gasteiger partial charge is 0.267 e. The molecule has 25 heavy (non-hydrogen) atoms. The van der Waals surface area contributed by atoms with E-state index in [2.05, 4.69) is 22.7 Å². The first-order valence-electron chi connectivity index (χ1n) is 7.89. The summed E-state index contributed by atoms with van der Waals surface area (Å²) in [5, 5.41) is 4.12. The number of nitrogens with one attached hydrogen (secondary N) is 1. The number of carbonyl (C=O) groups is 1. The molecule has 0 radical (unpaired) electrons. The van der Waals surface area contributed by atoms with Crippen LogP contribution in [0.5, 0.6) is 0 Å². The second-order valence-corrected chi connectivity index (χ2v) is 5.59. The van der Waals surface area contributed by atoms with Crippen LogP contribution in [0.4, 0.5) is 4.39 Å². The van der Waals surface area contributed by atoms with E-state index >= 15 is 0 Å². The van der Waals surface area contributed by atoms with Crippen LogP contribution >= 0.6 is 0 Å². The third kappa shape index (κ3) is 4.18. The van der Waals surface area contributed by atoms with Crippen molar-refractivity contribution in [1.82, 2.24) is 5.43 Å². The summed E-state index contributed by atoms with van der Waals surface area (Å²) in [6.45, 7) is 1.82. The number of carbonyl (C=O) groups excluding carboxylic acids is 1. The van der Waals surface area contributed by atoms with Gasteiger partial charge in [0, 0.05) is 5.56 Å². The van der Waals surface area contributed by atoms with Crippen LogP contribution < -0.4 is 5.43 Å². The molecule has 0 fully saturated rings. The normalized spacial score (nSPS) is 11.2. The van der Waals surface area contributed by atoms with Crippen molar-refractivity contribution in [2.45, 2.75) is 6.92 Å². The third-order valence-electron chi connectivity index (χ3n) is 3.84. The van der Waals surface area contributed by atoms with Gasteiger partial charge in [0.25, 0.3) is 5.91 Å². The number of benzene rings is 3. The van der Waals surface area contributed by atoms with Gasteiger partial charge in [0.05, 0.1) is 5.71 Å². The van der Waals surface area contributed by atoms with E-state index < -0.39 is 0 Å². The lowest BCUT2D eigenvalue weighted by Gasteiger charge is -2.05. The Morgan fingerprint density at radius 1 is 0.800 bits per heavy atom. The van der Waals surface area contributed by atoms with Gasteiger partial charge in [-0.05, 0) is 47.9 Å². The molecule has 0 bridgehead atoms. The average molecular weight is 332 g/mol. The van der Waals surface area contributed by atoms with Crippen LogP contribution in [0.15, 0.2) is 84.0 Å². The fourth-order valence-electron chi connectivity index (χ4n) is 2.40. The molecular formula is C21H17FN2O. The Morgan fingerprint density at radius 2 is 1.36 bits per heavy atom. The van der Waals surface area contributed by atoms with Crippen molar-refractivity contribution in [1.29, 1.82) is 0 Å². The minimum Gasteiger partial charge on any atom is -0.267 e. The monoisotopic (exact) mass is 332 g/mol. The molecule has 0 spiro atoms. The molecular weight excluding hydrogens is 315 g/mol. The maximum atomic E-state index is 12.9. The molecule has 0 unspecified atom stereocenters. The molecule has 0 aliphatic rings. The van der Waals surface area contributed by atoms with E-state index in [0.29, 0.717) is 11.3 Å². The van der Waals surface area contributed by atoms with E-state index in [1.807, 2.05) is 49.4 Å². The summed E-state index contributed by atoms with van der Waals surface area (Å²) in [6.07, 6.45) is 0. The van der Waals surface area contributed by atoms with Gasteiger partial charge in [-0.2, -0.15) is 5.10 Å². The van der Waals surface area contributed by atoms with Crippen molar-refractivity contribution in [3.05, 3.63) is 95.8 Å². The molecule has 3 rings (SSSR count). The predicted octanol–water partition coefficient (Wildman–Crippen LogP) is 4.65. The lowest BCUT2D eigenvalue weighted by atomic mass is 10.0. The lowest BCUT2D eigenvalue weighted by molar-refractivity contribution is 0.0955. The first-order chi connectivity index (χ1) is 12.1. The van der Waals surface area contributed by atoms with Crippen molar-refractivity contribution in [2.75, 3.05) is 0 Å². The Kier molecular flexibility index (Phi) is 5.00. The molecule has 4 heteroatoms. The van der Waals surface area contributed by atoms with Gasteiger partial charge < -0.3 is 0 Å². The number of rotatable bonds is 4. The summed E-state index contributed by atoms with van der Waals surface area (Å²) < 4.78 is 12.9. The summed E-state index contributed by atoms with van der Waals surface area (Å²) in [6, 6.07) is 23.4. The molecule has 0 saturated heterocycles. The van der Waals surface area contributed by atoms with E-state index in [9.17, 15) is 9.18 Å². The Balaban J connectivity index is 1.70. The molecule has 1 N–H and O–H groups in total. The number of halogens is 1. The van der Waals surface area contributed by atoms with E-state index in [4.69, 9.17) is 0 Å². The number of hydrogen-bond donors (Lipinski definition) is 1. The standard InChI is InChI=1S/C21H17FN2O/c1-15(23-24-21(25)19-11-13-20(22)14-12-19)16-7-9-18(10-8-16)17-5-3-2-4-6-17/h2-14H,1H3,(H,24,25). The first-order valence-corrected chi connectivity index (χ1v) is 7.89. The highest BCUT2D eigenvalue weighted by atomic mass is 19.1. The van der Waals surface area contributed by atoms with Crippen molar-refractivity contribution in [3.8, 4) is 11.1 Å². The molecule has 0 aliphatic carbocycles. The van der Waals surface area contributed by atoms with Crippen LogP contribution in [0.2, 0.25) is 0 Å². The zero-order chi connectivity index (χ0) is 17.6. The molecule has 124 valence electrons. The van der Waals surface area contributed by atoms with Crippen molar-refractivity contribution >= 4 is 11.6 Å². The van der Waals surface area contributed by atoms with Gasteiger partial charge in [0.1, 0.15) is 5.82 Å². The summed E-state index contributed by atoms with van der Waals surface area (Å²) in [5.74, 6) is -0.755. The van der Waals surface area contributed by atoms with Gasteiger partial charge in [-0.3, -0.25) is 4.79 Å². The maximum Gasteiger partial charge on any atom is 0.271 e. The van der Waals surface area contributed by atoms with E-state index in [1.54, 1.807) is 0 Å². The van der Waals surface area contributed by atoms with E-state index in [0.717, 1.165) is 16.7 Å². The molecule has 3 aromatic carbocycles. The Morgan fingerprint density at radius 3 is 2.00 bits per heavy atom. The Bertz CT molecular complexity index is 885. The van der Waals surface area contributed by atoms with Gasteiger partial charge >= 0.3 is 0 Å². The van der Waals surface area contributed by atoms with Crippen LogP contribution in [-0.2, 0) is 0 Å². The highest BCUT2D eigenvalue weighted by Gasteiger charge is 2.05. The Hall–Kier alpha value is -3.27. The average Bonchev–Trinajstić information content (AvgIpc) is 2.67. The number of nitrogens with zero attached hydrogens (tertiary/aromatic N) is 1. The maximum absolute atomic E-state index is 12.9. The lowest BCUT2D eigenvalue weighted by Crippen LogP contribution is -2.19. The molecule has 1 amide bonds. The molecule has 0 saturated carbocycles. The van der Waals surface area contributed by atoms with Crippen LogP contribution in [0.1, 0.15) is 22.8 Å². The molecule has 0 atom stereocenters. The van der Waals surface area contributed by atoms with Crippen molar-refractivity contribution < 1.29 is 9.18 Å². The first kappa shape index (κ1) is 16.6. The topological polar surface area (TPSA) is 41.5 Å². The van der Waals surface area contributed by atoms with Crippen molar-refractivity contribution in [2.24, 2.45) is 5.10 Å². The molecule has 3 aromatic rings. The van der Waals surface area contributed by atoms with Gasteiger partial charge in [0.2, 0.25) is 0 Å². The second kappa shape index (κ2) is 7.53. The minimum absolute atomic E-state index is 0.359. The summed E-state index contributed by atoms with van der Waals surface area (Å²) in [5.41, 5.74) is 6.72. The van der Waals surface area contributed by atoms with Crippen molar-refractivity contribution in [3.63, 3.8) is 0 Å². The van der Waals surface area contributed by atoms with E-state index in [1.165, 1.54) is 24.3 Å². The molecule has 0 heterocycles. The summed E-state index contributed by atoms with van der Waals surface area (Å²) in [4.78, 5) is 12.0. The largest absolute Gasteiger partial charge is 0.271 e. The third-order valence-corrected chi connectivity index (χ3v) is 3.84. The quantitative estimate of drug-likeness (QED) is 0.548. The minimum atomic E-state index is -0.380. The van der Waals surface area contributed by atoms with Gasteiger partial charge in [-0.25, -0.2) is 9.82 Å². The van der Waals surface area contributed by atoms with Gasteiger partial charge in [-0.1, -0.05) is 54.6 Å². The van der Waals surface area contributed by atoms with Crippen LogP contribution in [-0.4, -0.2) is 11.6 Å². The number of amides is 1. The molecule has 0 aliphatic heterocycles. The SMILES string of the molecule is CC(=NNC(=O)c1ccc(F)cc1)c1ccc(-c2ccccc2)cc1. The second-order valence-electron chi connectivity index (χ2n) is 5.59. The molecule has 0 aromatic heterocycles. The fourth-order valence-corrected chi connectivity index (χ4v) is 2.40. The Labute approximate surface area is 145 Å². The van der Waals surface area contributed by atoms with Gasteiger partial charge in [-0.15, -0.1) is 0 Å². The van der Waals surface area contributed by atoms with Crippen LogP contribution in [0, 0.1) is 5.82 Å². The number of hydrogen-bond acceptors (Lipinski definition) is 2. The zero-order valence-corrected chi connectivity index (χ0v) is 13.7. The highest BCUT2D eigenvalue weighted by Crippen LogP contribution is 2.19. The van der Waals surface area contributed by atoms with Crippen LogP contribution in [0.25, 0.3) is 11.1 Å². The predicted molar refractivity (Wildman–Crippen MR) is 98.0 cm³/mol. The summed E-state index contributed by atoms with van der Waals surface area (Å²) >= 11 is 0. The van der Waals surface area contributed by atoms with Crippen LogP contribution in [0.3, 0.4) is 0 Å². The molecule has 3 nitrogen and oxygen atoms in total. The fraction of sp³-hybridized carbons (Fsp3) is 0.0476. The van der Waals surface area contributed by atoms with Gasteiger partial charge in [0.15, 0.2) is 0 Å². The number of hydrazone groups is 1. The van der Waals surface area contributed by atoms with E-state index in [-0.39, 0.29) is 11.7 Å². The zero-order valence-electron chi connectivity index (χ0n) is 13.7. The highest BCUT2D eigenvalue weighted by molar-refractivity contribution is 6.01.